The summed E-state index contributed by atoms with van der Waals surface area (Å²) >= 11 is 0. The van der Waals surface area contributed by atoms with Gasteiger partial charge >= 0.3 is 0 Å². The third kappa shape index (κ3) is 1.76. The maximum Gasteiger partial charge on any atom is 0.150 e. The average Bonchev–Trinajstić information content (AvgIpc) is 1.91. The molecule has 9 heavy (non-hydrogen) atoms. The number of nitrogens with zero attached hydrogens (tertiary/aromatic N) is 3. The molecule has 1 heterocycles. The Labute approximate surface area is 54.2 Å². The van der Waals surface area contributed by atoms with Crippen LogP contribution in [0.1, 0.15) is 19.2 Å². The van der Waals surface area contributed by atoms with Crippen LogP contribution in [-0.4, -0.2) is 15.2 Å². The van der Waals surface area contributed by atoms with Crippen molar-refractivity contribution in [3.8, 4) is 0 Å². The van der Waals surface area contributed by atoms with E-state index in [4.69, 9.17) is 0 Å². The second kappa shape index (κ2) is 3.12. The predicted octanol–water partition coefficient (Wildman–Crippen LogP) is 0.824. The zero-order valence-electron chi connectivity index (χ0n) is 5.41. The molecule has 0 aliphatic carbocycles. The van der Waals surface area contributed by atoms with Crippen LogP contribution >= 0.6 is 0 Å². The molecule has 48 valence electrons. The van der Waals surface area contributed by atoms with Gasteiger partial charge in [-0.2, -0.15) is 5.10 Å². The SMILES string of the molecule is CCCc1nccnn1. The maximum absolute atomic E-state index is 3.99. The molecule has 0 atom stereocenters. The molecule has 0 aliphatic rings. The van der Waals surface area contributed by atoms with Crippen LogP contribution in [-0.2, 0) is 6.42 Å². The van der Waals surface area contributed by atoms with Crippen molar-refractivity contribution in [1.29, 1.82) is 0 Å². The number of hydrogen-bond acceptors (Lipinski definition) is 3. The molecule has 0 N–H and O–H groups in total. The molecule has 1 aromatic rings. The first-order valence-electron chi connectivity index (χ1n) is 3.06. The molecule has 0 amide bonds. The molecule has 0 aromatic carbocycles. The van der Waals surface area contributed by atoms with Gasteiger partial charge < -0.3 is 0 Å². The summed E-state index contributed by atoms with van der Waals surface area (Å²) in [5.74, 6) is 0.833. The third-order valence-electron chi connectivity index (χ3n) is 1.00. The Kier molecular flexibility index (Phi) is 2.13. The highest BCUT2D eigenvalue weighted by Gasteiger charge is 1.89. The Morgan fingerprint density at radius 1 is 1.44 bits per heavy atom. The van der Waals surface area contributed by atoms with Crippen molar-refractivity contribution in [1.82, 2.24) is 15.2 Å². The highest BCUT2D eigenvalue weighted by atomic mass is 15.1. The fourth-order valence-corrected chi connectivity index (χ4v) is 0.613. The lowest BCUT2D eigenvalue weighted by Crippen LogP contribution is -1.93. The van der Waals surface area contributed by atoms with E-state index in [-0.39, 0.29) is 0 Å². The molecule has 0 radical (unpaired) electrons. The van der Waals surface area contributed by atoms with Crippen molar-refractivity contribution in [2.24, 2.45) is 0 Å². The molecule has 0 saturated heterocycles. The molecule has 3 nitrogen and oxygen atoms in total. The van der Waals surface area contributed by atoms with Gasteiger partial charge in [-0.05, 0) is 6.42 Å². The smallest absolute Gasteiger partial charge is 0.150 e. The summed E-state index contributed by atoms with van der Waals surface area (Å²) in [6.45, 7) is 2.09. The molecular weight excluding hydrogens is 114 g/mol. The lowest BCUT2D eigenvalue weighted by Gasteiger charge is -1.90. The van der Waals surface area contributed by atoms with Crippen LogP contribution in [0.4, 0.5) is 0 Å². The molecule has 0 spiro atoms. The van der Waals surface area contributed by atoms with Gasteiger partial charge in [0.15, 0.2) is 5.82 Å². The average molecular weight is 123 g/mol. The Balaban J connectivity index is 2.61. The molecule has 0 fully saturated rings. The largest absolute Gasteiger partial charge is 0.238 e. The van der Waals surface area contributed by atoms with Crippen LogP contribution in [0, 0.1) is 0 Å². The van der Waals surface area contributed by atoms with E-state index in [1.807, 2.05) is 0 Å². The van der Waals surface area contributed by atoms with Crippen LogP contribution in [0.15, 0.2) is 12.4 Å². The number of aryl methyl sites for hydroxylation is 1. The zero-order chi connectivity index (χ0) is 6.53. The fourth-order valence-electron chi connectivity index (χ4n) is 0.613. The zero-order valence-corrected chi connectivity index (χ0v) is 5.41. The number of aromatic nitrogens is 3. The lowest BCUT2D eigenvalue weighted by atomic mass is 10.3. The maximum atomic E-state index is 3.99. The predicted molar refractivity (Wildman–Crippen MR) is 33.8 cm³/mol. The molecular formula is C6H9N3. The topological polar surface area (TPSA) is 38.7 Å². The molecule has 0 unspecified atom stereocenters. The molecule has 3 heteroatoms. The number of hydrogen-bond donors (Lipinski definition) is 0. The highest BCUT2D eigenvalue weighted by molar-refractivity contribution is 4.80. The van der Waals surface area contributed by atoms with Crippen LogP contribution in [0.3, 0.4) is 0 Å². The second-order valence-corrected chi connectivity index (χ2v) is 1.81. The van der Waals surface area contributed by atoms with Gasteiger partial charge in [0, 0.05) is 12.6 Å². The van der Waals surface area contributed by atoms with E-state index in [0.717, 1.165) is 18.7 Å². The Hall–Kier alpha value is -0.990. The van der Waals surface area contributed by atoms with Gasteiger partial charge in [-0.25, -0.2) is 4.98 Å². The van der Waals surface area contributed by atoms with E-state index in [1.165, 1.54) is 0 Å². The Bertz CT molecular complexity index is 161. The van der Waals surface area contributed by atoms with Gasteiger partial charge in [0.1, 0.15) is 0 Å². The van der Waals surface area contributed by atoms with Gasteiger partial charge in [0.05, 0.1) is 6.20 Å². The van der Waals surface area contributed by atoms with Crippen molar-refractivity contribution in [3.63, 3.8) is 0 Å². The minimum atomic E-state index is 0.833. The van der Waals surface area contributed by atoms with Crippen molar-refractivity contribution in [3.05, 3.63) is 18.2 Å². The molecule has 0 bridgehead atoms. The van der Waals surface area contributed by atoms with Gasteiger partial charge in [-0.15, -0.1) is 5.10 Å². The highest BCUT2D eigenvalue weighted by Crippen LogP contribution is 1.89. The summed E-state index contributed by atoms with van der Waals surface area (Å²) in [5, 5.41) is 7.50. The monoisotopic (exact) mass is 123 g/mol. The standard InChI is InChI=1S/C6H9N3/c1-2-3-6-7-4-5-8-9-6/h4-5H,2-3H2,1H3. The first-order valence-corrected chi connectivity index (χ1v) is 3.06. The van der Waals surface area contributed by atoms with Gasteiger partial charge in [-0.3, -0.25) is 0 Å². The summed E-state index contributed by atoms with van der Waals surface area (Å²) < 4.78 is 0. The first-order chi connectivity index (χ1) is 4.43. The van der Waals surface area contributed by atoms with E-state index in [1.54, 1.807) is 12.4 Å². The van der Waals surface area contributed by atoms with Crippen LogP contribution in [0.5, 0.6) is 0 Å². The Morgan fingerprint density at radius 2 is 2.33 bits per heavy atom. The van der Waals surface area contributed by atoms with Crippen LogP contribution in [0.25, 0.3) is 0 Å². The quantitative estimate of drug-likeness (QED) is 0.584. The van der Waals surface area contributed by atoms with E-state index >= 15 is 0 Å². The van der Waals surface area contributed by atoms with Gasteiger partial charge in [0.25, 0.3) is 0 Å². The second-order valence-electron chi connectivity index (χ2n) is 1.81. The lowest BCUT2D eigenvalue weighted by molar-refractivity contribution is 0.786. The fraction of sp³-hybridized carbons (Fsp3) is 0.500. The minimum absolute atomic E-state index is 0.833. The third-order valence-corrected chi connectivity index (χ3v) is 1.00. The van der Waals surface area contributed by atoms with Crippen LogP contribution < -0.4 is 0 Å². The van der Waals surface area contributed by atoms with Crippen molar-refractivity contribution in [2.45, 2.75) is 19.8 Å². The summed E-state index contributed by atoms with van der Waals surface area (Å²) in [7, 11) is 0. The van der Waals surface area contributed by atoms with E-state index in [0.29, 0.717) is 0 Å². The Morgan fingerprint density at radius 3 is 2.89 bits per heavy atom. The summed E-state index contributed by atoms with van der Waals surface area (Å²) in [6, 6.07) is 0. The normalized spacial score (nSPS) is 9.44. The van der Waals surface area contributed by atoms with Crippen LogP contribution in [0.2, 0.25) is 0 Å². The van der Waals surface area contributed by atoms with E-state index in [2.05, 4.69) is 22.1 Å². The van der Waals surface area contributed by atoms with E-state index < -0.39 is 0 Å². The van der Waals surface area contributed by atoms with Gasteiger partial charge in [-0.1, -0.05) is 6.92 Å². The summed E-state index contributed by atoms with van der Waals surface area (Å²) in [5.41, 5.74) is 0. The van der Waals surface area contributed by atoms with E-state index in [9.17, 15) is 0 Å². The molecule has 1 aromatic heterocycles. The number of rotatable bonds is 2. The van der Waals surface area contributed by atoms with Crippen molar-refractivity contribution in [2.75, 3.05) is 0 Å². The van der Waals surface area contributed by atoms with Gasteiger partial charge in [0.2, 0.25) is 0 Å². The van der Waals surface area contributed by atoms with Crippen molar-refractivity contribution >= 4 is 0 Å². The summed E-state index contributed by atoms with van der Waals surface area (Å²) in [6.07, 6.45) is 5.25. The molecule has 0 saturated carbocycles. The van der Waals surface area contributed by atoms with Crippen molar-refractivity contribution < 1.29 is 0 Å². The molecule has 1 rings (SSSR count). The first kappa shape index (κ1) is 6.13. The molecule has 0 aliphatic heterocycles. The summed E-state index contributed by atoms with van der Waals surface area (Å²) in [4.78, 5) is 3.99. The minimum Gasteiger partial charge on any atom is -0.238 e.